The fourth-order valence-corrected chi connectivity index (χ4v) is 3.96. The van der Waals surface area contributed by atoms with Crippen LogP contribution in [0.3, 0.4) is 0 Å². The summed E-state index contributed by atoms with van der Waals surface area (Å²) < 4.78 is 32.0. The van der Waals surface area contributed by atoms with Crippen molar-refractivity contribution in [3.63, 3.8) is 0 Å². The van der Waals surface area contributed by atoms with Crippen molar-refractivity contribution in [2.75, 3.05) is 39.4 Å². The van der Waals surface area contributed by atoms with Crippen LogP contribution >= 0.6 is 11.6 Å². The highest BCUT2D eigenvalue weighted by Crippen LogP contribution is 2.27. The fourth-order valence-electron chi connectivity index (χ4n) is 3.72. The first-order chi connectivity index (χ1) is 12.0. The number of hydrogen-bond donors (Lipinski definition) is 0. The van der Waals surface area contributed by atoms with Crippen LogP contribution in [-0.4, -0.2) is 61.1 Å². The average Bonchev–Trinajstić information content (AvgIpc) is 2.64. The van der Waals surface area contributed by atoms with Crippen LogP contribution in [0, 0.1) is 17.6 Å². The van der Waals surface area contributed by atoms with Crippen LogP contribution in [0.4, 0.5) is 8.78 Å². The van der Waals surface area contributed by atoms with E-state index in [-0.39, 0.29) is 16.5 Å². The fraction of sp³-hybridized carbons (Fsp3) is 0.611. The summed E-state index contributed by atoms with van der Waals surface area (Å²) >= 11 is 5.92. The number of carbonyl (C=O) groups excluding carboxylic acids is 1. The van der Waals surface area contributed by atoms with E-state index in [1.807, 2.05) is 0 Å². The molecule has 25 heavy (non-hydrogen) atoms. The third-order valence-electron chi connectivity index (χ3n) is 5.37. The minimum absolute atomic E-state index is 0.0280. The van der Waals surface area contributed by atoms with Crippen LogP contribution in [0.5, 0.6) is 0 Å². The highest BCUT2D eigenvalue weighted by molar-refractivity contribution is 6.33. The zero-order valence-electron chi connectivity index (χ0n) is 14.3. The number of rotatable bonds is 3. The predicted octanol–water partition coefficient (Wildman–Crippen LogP) is 3.19. The molecule has 4 nitrogen and oxygen atoms in total. The van der Waals surface area contributed by atoms with Crippen LogP contribution in [0.2, 0.25) is 5.02 Å². The molecule has 0 N–H and O–H groups in total. The number of nitrogens with zero attached hydrogens (tertiary/aromatic N) is 2. The summed E-state index contributed by atoms with van der Waals surface area (Å²) in [4.78, 5) is 16.7. The van der Waals surface area contributed by atoms with Crippen LogP contribution in [0.1, 0.15) is 30.1 Å². The maximum absolute atomic E-state index is 13.4. The monoisotopic (exact) mass is 372 g/mol. The first-order valence-corrected chi connectivity index (χ1v) is 9.10. The Morgan fingerprint density at radius 2 is 1.76 bits per heavy atom. The van der Waals surface area contributed by atoms with E-state index in [0.717, 1.165) is 51.3 Å². The number of hydrogen-bond acceptors (Lipinski definition) is 3. The Kier molecular flexibility index (Phi) is 5.92. The molecule has 7 heteroatoms. The van der Waals surface area contributed by atoms with Crippen molar-refractivity contribution in [3.05, 3.63) is 34.4 Å². The second kappa shape index (κ2) is 7.98. The molecule has 2 aliphatic rings. The molecule has 2 fully saturated rings. The molecule has 2 heterocycles. The van der Waals surface area contributed by atoms with Gasteiger partial charge in [0, 0.05) is 32.2 Å². The molecule has 0 spiro atoms. The van der Waals surface area contributed by atoms with Crippen molar-refractivity contribution in [3.8, 4) is 0 Å². The second-order valence-corrected chi connectivity index (χ2v) is 7.17. The zero-order valence-corrected chi connectivity index (χ0v) is 15.1. The number of amides is 1. The van der Waals surface area contributed by atoms with Gasteiger partial charge in [0.25, 0.3) is 5.91 Å². The predicted molar refractivity (Wildman–Crippen MR) is 91.8 cm³/mol. The second-order valence-electron chi connectivity index (χ2n) is 6.76. The number of carbonyl (C=O) groups is 1. The SMILES string of the molecule is C[C@@H](C1CCN(C(=O)c2cc(F)c(F)cc2Cl)CC1)N1CCOCC1. The Morgan fingerprint density at radius 3 is 2.40 bits per heavy atom. The van der Waals surface area contributed by atoms with E-state index < -0.39 is 11.6 Å². The molecule has 0 aromatic heterocycles. The first kappa shape index (κ1) is 18.5. The molecule has 1 amide bonds. The van der Waals surface area contributed by atoms with Crippen LogP contribution in [0.15, 0.2) is 12.1 Å². The van der Waals surface area contributed by atoms with Crippen molar-refractivity contribution in [1.82, 2.24) is 9.80 Å². The quantitative estimate of drug-likeness (QED) is 0.764. The van der Waals surface area contributed by atoms with E-state index in [0.29, 0.717) is 25.0 Å². The largest absolute Gasteiger partial charge is 0.379 e. The van der Waals surface area contributed by atoms with E-state index >= 15 is 0 Å². The van der Waals surface area contributed by atoms with Crippen molar-refractivity contribution < 1.29 is 18.3 Å². The third-order valence-corrected chi connectivity index (χ3v) is 5.68. The summed E-state index contributed by atoms with van der Waals surface area (Å²) in [7, 11) is 0. The maximum atomic E-state index is 13.4. The Balaban J connectivity index is 1.60. The van der Waals surface area contributed by atoms with Gasteiger partial charge in [0.1, 0.15) is 0 Å². The van der Waals surface area contributed by atoms with Gasteiger partial charge in [-0.25, -0.2) is 8.78 Å². The van der Waals surface area contributed by atoms with E-state index in [1.54, 1.807) is 4.90 Å². The van der Waals surface area contributed by atoms with Gasteiger partial charge in [0.2, 0.25) is 0 Å². The molecule has 138 valence electrons. The lowest BCUT2D eigenvalue weighted by atomic mass is 9.89. The summed E-state index contributed by atoms with van der Waals surface area (Å²) in [6.45, 7) is 6.89. The summed E-state index contributed by atoms with van der Waals surface area (Å²) in [6, 6.07) is 2.20. The van der Waals surface area contributed by atoms with Gasteiger partial charge in [-0.3, -0.25) is 9.69 Å². The molecule has 2 saturated heterocycles. The average molecular weight is 373 g/mol. The molecule has 1 atom stereocenters. The van der Waals surface area contributed by atoms with Gasteiger partial charge < -0.3 is 9.64 Å². The first-order valence-electron chi connectivity index (χ1n) is 8.73. The number of piperidine rings is 1. The van der Waals surface area contributed by atoms with Gasteiger partial charge in [-0.2, -0.15) is 0 Å². The van der Waals surface area contributed by atoms with Gasteiger partial charge in [-0.15, -0.1) is 0 Å². The van der Waals surface area contributed by atoms with Gasteiger partial charge >= 0.3 is 0 Å². The molecule has 1 aromatic rings. The van der Waals surface area contributed by atoms with Crippen LogP contribution in [0.25, 0.3) is 0 Å². The van der Waals surface area contributed by atoms with Gasteiger partial charge in [-0.1, -0.05) is 11.6 Å². The molecule has 0 aliphatic carbocycles. The van der Waals surface area contributed by atoms with Crippen LogP contribution in [-0.2, 0) is 4.74 Å². The van der Waals surface area contributed by atoms with Crippen molar-refractivity contribution >= 4 is 17.5 Å². The Hall–Kier alpha value is -1.24. The number of halogens is 3. The number of likely N-dealkylation sites (tertiary alicyclic amines) is 1. The Bertz CT molecular complexity index is 630. The molecule has 0 bridgehead atoms. The van der Waals surface area contributed by atoms with Crippen LogP contribution < -0.4 is 0 Å². The van der Waals surface area contributed by atoms with Crippen molar-refractivity contribution in [1.29, 1.82) is 0 Å². The third kappa shape index (κ3) is 4.13. The number of benzene rings is 1. The molecule has 1 aromatic carbocycles. The molecule has 0 unspecified atom stereocenters. The molecular formula is C18H23ClF2N2O2. The highest BCUT2D eigenvalue weighted by Gasteiger charge is 2.31. The molecule has 2 aliphatic heterocycles. The van der Waals surface area contributed by atoms with Gasteiger partial charge in [0.15, 0.2) is 11.6 Å². The summed E-state index contributed by atoms with van der Waals surface area (Å²) in [6.07, 6.45) is 1.79. The Labute approximate surface area is 151 Å². The van der Waals surface area contributed by atoms with E-state index in [9.17, 15) is 13.6 Å². The minimum Gasteiger partial charge on any atom is -0.379 e. The Morgan fingerprint density at radius 1 is 1.16 bits per heavy atom. The van der Waals surface area contributed by atoms with Gasteiger partial charge in [0.05, 0.1) is 23.8 Å². The number of ether oxygens (including phenoxy) is 1. The molecule has 3 rings (SSSR count). The lowest BCUT2D eigenvalue weighted by molar-refractivity contribution is -0.000952. The normalized spacial score (nSPS) is 21.4. The molecule has 0 saturated carbocycles. The highest BCUT2D eigenvalue weighted by atomic mass is 35.5. The summed E-state index contributed by atoms with van der Waals surface area (Å²) in [5, 5.41) is -0.0484. The van der Waals surface area contributed by atoms with Crippen molar-refractivity contribution in [2.45, 2.75) is 25.8 Å². The molecular weight excluding hydrogens is 350 g/mol. The summed E-state index contributed by atoms with van der Waals surface area (Å²) in [5.74, 6) is -1.91. The lowest BCUT2D eigenvalue weighted by Gasteiger charge is -2.41. The summed E-state index contributed by atoms with van der Waals surface area (Å²) in [5.41, 5.74) is 0.0280. The van der Waals surface area contributed by atoms with E-state index in [4.69, 9.17) is 16.3 Å². The van der Waals surface area contributed by atoms with E-state index in [1.165, 1.54) is 0 Å². The van der Waals surface area contributed by atoms with Gasteiger partial charge in [-0.05, 0) is 37.8 Å². The number of morpholine rings is 1. The topological polar surface area (TPSA) is 32.8 Å². The van der Waals surface area contributed by atoms with E-state index in [2.05, 4.69) is 11.8 Å². The maximum Gasteiger partial charge on any atom is 0.255 e. The standard InChI is InChI=1S/C18H23ClF2N2O2/c1-12(22-6-8-25-9-7-22)13-2-4-23(5-3-13)18(24)14-10-16(20)17(21)11-15(14)19/h10-13H,2-9H2,1H3/t12-/m0/s1. The zero-order chi connectivity index (χ0) is 18.0. The molecule has 0 radical (unpaired) electrons. The van der Waals surface area contributed by atoms with Crippen molar-refractivity contribution in [2.24, 2.45) is 5.92 Å². The smallest absolute Gasteiger partial charge is 0.255 e. The lowest BCUT2D eigenvalue weighted by Crippen LogP contribution is -2.49. The minimum atomic E-state index is -1.05.